The maximum atomic E-state index is 13.8. The van der Waals surface area contributed by atoms with Gasteiger partial charge in [0.15, 0.2) is 23.1 Å². The first-order chi connectivity index (χ1) is 18.7. The van der Waals surface area contributed by atoms with Gasteiger partial charge in [-0.15, -0.1) is 16.7 Å². The molecule has 2 unspecified atom stereocenters. The molecule has 1 aliphatic heterocycles. The zero-order valence-corrected chi connectivity index (χ0v) is 28.7. The van der Waals surface area contributed by atoms with Crippen LogP contribution in [-0.4, -0.2) is 53.7 Å². The first-order valence-electron chi connectivity index (χ1n) is 12.2. The van der Waals surface area contributed by atoms with Crippen LogP contribution in [0.5, 0.6) is 11.5 Å². The summed E-state index contributed by atoms with van der Waals surface area (Å²) in [6, 6.07) is 9.34. The summed E-state index contributed by atoms with van der Waals surface area (Å²) >= 11 is 5.92. The van der Waals surface area contributed by atoms with E-state index < -0.39 is 37.7 Å². The molecule has 2 aromatic carbocycles. The SMILES string of the molecule is COc1cc2c(B3OC(C)(C)C(C)(C)O3)ccnc2cc1F.COc1cc2c(Cl)ccnc2cc1F.[2H]P([SiH2])P.[Pd]. The third-order valence-electron chi connectivity index (χ3n) is 6.52. The Balaban J connectivity index is 0.000000266. The number of hydrogen-bond acceptors (Lipinski definition) is 6. The summed E-state index contributed by atoms with van der Waals surface area (Å²) in [4.78, 5) is 8.21. The van der Waals surface area contributed by atoms with E-state index >= 15 is 0 Å². The monoisotopic (exact) mass is 716 g/mol. The van der Waals surface area contributed by atoms with E-state index in [0.29, 0.717) is 21.4 Å². The van der Waals surface area contributed by atoms with Gasteiger partial charge in [-0.25, -0.2) is 8.78 Å². The van der Waals surface area contributed by atoms with Crippen molar-refractivity contribution in [3.8, 4) is 11.5 Å². The molecule has 5 rings (SSSR count). The van der Waals surface area contributed by atoms with Crippen LogP contribution in [0.1, 0.15) is 27.7 Å². The number of fused-ring (bicyclic) bond motifs is 2. The summed E-state index contributed by atoms with van der Waals surface area (Å²) in [5.41, 5.74) is 1.03. The van der Waals surface area contributed by atoms with Crippen LogP contribution in [0.25, 0.3) is 21.8 Å². The number of ether oxygens (including phenoxy) is 2. The van der Waals surface area contributed by atoms with Gasteiger partial charge in [-0.05, 0) is 57.4 Å². The predicted molar refractivity (Wildman–Crippen MR) is 164 cm³/mol. The molecule has 4 aromatic rings. The summed E-state index contributed by atoms with van der Waals surface area (Å²) in [5.74, 6) is -0.519. The topological polar surface area (TPSA) is 62.7 Å². The number of aromatic nitrogens is 2. The number of hydrogen-bond donors (Lipinski definition) is 0. The van der Waals surface area contributed by atoms with Crippen molar-refractivity contribution in [2.24, 2.45) is 0 Å². The third kappa shape index (κ3) is 7.76. The van der Waals surface area contributed by atoms with Crippen molar-refractivity contribution in [2.45, 2.75) is 38.9 Å². The van der Waals surface area contributed by atoms with Gasteiger partial charge in [0.1, 0.15) is 0 Å². The molecule has 217 valence electrons. The summed E-state index contributed by atoms with van der Waals surface area (Å²) in [5, 5.41) is 1.99. The molecule has 6 nitrogen and oxygen atoms in total. The minimum atomic E-state index is -0.523. The zero-order chi connectivity index (χ0) is 29.8. The second-order valence-corrected chi connectivity index (χ2v) is 14.6. The second kappa shape index (κ2) is 14.8. The quantitative estimate of drug-likeness (QED) is 0.200. The van der Waals surface area contributed by atoms with Crippen LogP contribution >= 0.6 is 28.3 Å². The van der Waals surface area contributed by atoms with Crippen LogP contribution in [-0.2, 0) is 29.7 Å². The Hall–Kier alpha value is -1.27. The Labute approximate surface area is 260 Å². The molecule has 1 radical (unpaired) electrons. The molecule has 0 amide bonds. The smallest absolute Gasteiger partial charge is 0.494 e. The molecule has 1 saturated heterocycles. The van der Waals surface area contributed by atoms with Crippen molar-refractivity contribution in [1.82, 2.24) is 9.97 Å². The Morgan fingerprint density at radius 3 is 1.82 bits per heavy atom. The number of benzene rings is 2. The average Bonchev–Trinajstić information content (AvgIpc) is 3.09. The van der Waals surface area contributed by atoms with E-state index in [1.54, 1.807) is 34.3 Å². The molecular weight excluding hydrogens is 685 g/mol. The first kappa shape index (κ1) is 33.2. The van der Waals surface area contributed by atoms with E-state index in [0.717, 1.165) is 10.8 Å². The fourth-order valence-corrected chi connectivity index (χ4v) is 3.98. The first-order valence-corrected chi connectivity index (χ1v) is 16.8. The van der Waals surface area contributed by atoms with E-state index in [4.69, 9.17) is 31.7 Å². The van der Waals surface area contributed by atoms with Gasteiger partial charge in [0.2, 0.25) is 0 Å². The fraction of sp³-hybridized carbons (Fsp3) is 0.308. The average molecular weight is 717 g/mol. The van der Waals surface area contributed by atoms with E-state index in [-0.39, 0.29) is 31.9 Å². The number of methoxy groups -OCH3 is 2. The maximum Gasteiger partial charge on any atom is 0.495 e. The molecular formula is C26H31BClF2N2O4P2PdSi. The molecule has 2 aromatic heterocycles. The van der Waals surface area contributed by atoms with Gasteiger partial charge in [-0.2, -0.15) is 0 Å². The van der Waals surface area contributed by atoms with Gasteiger partial charge in [0.05, 0.1) is 42.8 Å². The molecule has 0 bridgehead atoms. The van der Waals surface area contributed by atoms with Crippen molar-refractivity contribution < 1.29 is 48.0 Å². The largest absolute Gasteiger partial charge is 0.495 e. The van der Waals surface area contributed by atoms with Gasteiger partial charge in [-0.1, -0.05) is 11.6 Å². The zero-order valence-electron chi connectivity index (χ0n) is 23.9. The number of halogens is 3. The van der Waals surface area contributed by atoms with E-state index in [2.05, 4.69) is 18.9 Å². The Morgan fingerprint density at radius 1 is 0.925 bits per heavy atom. The molecule has 0 N–H and O–H groups in total. The number of nitrogens with zero attached hydrogens (tertiary/aromatic N) is 2. The fourth-order valence-electron chi connectivity index (χ4n) is 3.77. The van der Waals surface area contributed by atoms with Crippen LogP contribution in [0, 0.1) is 11.6 Å². The summed E-state index contributed by atoms with van der Waals surface area (Å²) in [7, 11) is 6.00. The van der Waals surface area contributed by atoms with Crippen LogP contribution in [0.2, 0.25) is 5.02 Å². The van der Waals surface area contributed by atoms with E-state index in [1.165, 1.54) is 32.5 Å². The minimum absolute atomic E-state index is 0. The summed E-state index contributed by atoms with van der Waals surface area (Å²) in [6.07, 6.45) is 3.17. The number of pyridine rings is 2. The van der Waals surface area contributed by atoms with Gasteiger partial charge < -0.3 is 18.8 Å². The molecule has 0 saturated carbocycles. The molecule has 1 aliphatic rings. The van der Waals surface area contributed by atoms with Gasteiger partial charge in [0.25, 0.3) is 0 Å². The van der Waals surface area contributed by atoms with Crippen LogP contribution in [0.15, 0.2) is 48.8 Å². The summed E-state index contributed by atoms with van der Waals surface area (Å²) < 4.78 is 55.8. The predicted octanol–water partition coefficient (Wildman–Crippen LogP) is 5.72. The summed E-state index contributed by atoms with van der Waals surface area (Å²) in [6.45, 7) is 7.99. The van der Waals surface area contributed by atoms with Gasteiger partial charge >= 0.3 is 7.12 Å². The van der Waals surface area contributed by atoms with Crippen molar-refractivity contribution in [2.75, 3.05) is 14.2 Å². The van der Waals surface area contributed by atoms with Crippen LogP contribution in [0.4, 0.5) is 8.78 Å². The Morgan fingerprint density at radius 2 is 1.35 bits per heavy atom. The van der Waals surface area contributed by atoms with Crippen molar-refractivity contribution in [3.63, 3.8) is 0 Å². The molecule has 0 spiro atoms. The Bertz CT molecular complexity index is 1490. The van der Waals surface area contributed by atoms with Crippen molar-refractivity contribution >= 4 is 72.6 Å². The standard InChI is InChI=1S/C16H19BFNO3.C10H7ClFNO.H5P2Si.Pd/c1-15(2)16(3,4)22-17(21-15)11-6-7-19-13-9-12(18)14(20-5)8-10(11)13;1-14-10-4-6-7(11)2-3-13-9(6)5-8(10)12;1-2-3;/h6-9H,1-5H3;2-5H,1H3;2H,1,3H2;/i;;2D;. The van der Waals surface area contributed by atoms with Crippen LogP contribution < -0.4 is 14.9 Å². The minimum Gasteiger partial charge on any atom is -0.494 e. The third-order valence-corrected chi connectivity index (χ3v) is 6.85. The molecule has 40 heavy (non-hydrogen) atoms. The Kier molecular flexibility index (Phi) is 12.3. The molecule has 1 fully saturated rings. The van der Waals surface area contributed by atoms with Crippen LogP contribution in [0.3, 0.4) is 0 Å². The molecule has 3 heterocycles. The number of rotatable bonds is 3. The second-order valence-electron chi connectivity index (χ2n) is 9.47. The van der Waals surface area contributed by atoms with Crippen molar-refractivity contribution in [1.29, 1.82) is 1.28 Å². The van der Waals surface area contributed by atoms with Gasteiger partial charge in [0, 0.05) is 65.6 Å². The molecule has 2 atom stereocenters. The van der Waals surface area contributed by atoms with Gasteiger partial charge in [-0.3, -0.25) is 9.97 Å². The van der Waals surface area contributed by atoms with E-state index in [9.17, 15) is 8.78 Å². The van der Waals surface area contributed by atoms with Crippen molar-refractivity contribution in [3.05, 3.63) is 65.4 Å². The molecule has 0 aliphatic carbocycles. The maximum absolute atomic E-state index is 13.8. The van der Waals surface area contributed by atoms with E-state index in [1.807, 2.05) is 33.8 Å². The molecule has 14 heteroatoms. The normalized spacial score (nSPS) is 16.1.